The molecule has 8 heteroatoms. The molecule has 166 valence electrons. The molecule has 32 heavy (non-hydrogen) atoms. The Morgan fingerprint density at radius 1 is 1.22 bits per heavy atom. The average molecular weight is 470 g/mol. The van der Waals surface area contributed by atoms with Crippen molar-refractivity contribution >= 4 is 34.8 Å². The van der Waals surface area contributed by atoms with E-state index in [-0.39, 0.29) is 24.8 Å². The van der Waals surface area contributed by atoms with Gasteiger partial charge in [0.05, 0.1) is 22.2 Å². The lowest BCUT2D eigenvalue weighted by molar-refractivity contribution is -0.125. The van der Waals surface area contributed by atoms with Crippen LogP contribution in [0.4, 0.5) is 0 Å². The SMILES string of the molecule is Cc1ncsc1-c1ccc(CNC(=O)[C@@H]2C[C@@H](O)CN2C(=O)c2cccc(Cl)c2C)cc1. The van der Waals surface area contributed by atoms with Crippen LogP contribution in [0, 0.1) is 13.8 Å². The molecule has 1 aromatic heterocycles. The van der Waals surface area contributed by atoms with E-state index in [2.05, 4.69) is 10.3 Å². The summed E-state index contributed by atoms with van der Waals surface area (Å²) in [7, 11) is 0. The maximum Gasteiger partial charge on any atom is 0.254 e. The zero-order chi connectivity index (χ0) is 22.8. The van der Waals surface area contributed by atoms with Crippen LogP contribution in [0.2, 0.25) is 5.02 Å². The molecule has 1 aliphatic rings. The van der Waals surface area contributed by atoms with Crippen molar-refractivity contribution in [3.05, 3.63) is 75.4 Å². The second-order valence-corrected chi connectivity index (χ2v) is 9.22. The summed E-state index contributed by atoms with van der Waals surface area (Å²) in [4.78, 5) is 32.9. The molecule has 2 aromatic carbocycles. The van der Waals surface area contributed by atoms with Crippen molar-refractivity contribution in [2.45, 2.75) is 39.0 Å². The summed E-state index contributed by atoms with van der Waals surface area (Å²) >= 11 is 7.76. The Morgan fingerprint density at radius 2 is 1.97 bits per heavy atom. The minimum Gasteiger partial charge on any atom is -0.391 e. The van der Waals surface area contributed by atoms with Crippen LogP contribution in [0.5, 0.6) is 0 Å². The van der Waals surface area contributed by atoms with Crippen LogP contribution in [0.15, 0.2) is 48.0 Å². The van der Waals surface area contributed by atoms with Crippen LogP contribution in [0.25, 0.3) is 10.4 Å². The second kappa shape index (κ2) is 9.40. The topological polar surface area (TPSA) is 82.5 Å². The van der Waals surface area contributed by atoms with E-state index in [9.17, 15) is 14.7 Å². The molecule has 0 aliphatic carbocycles. The molecule has 6 nitrogen and oxygen atoms in total. The number of aromatic nitrogens is 1. The molecule has 0 bridgehead atoms. The first-order chi connectivity index (χ1) is 15.3. The first-order valence-corrected chi connectivity index (χ1v) is 11.6. The van der Waals surface area contributed by atoms with E-state index in [1.54, 1.807) is 36.5 Å². The van der Waals surface area contributed by atoms with E-state index in [1.807, 2.05) is 36.7 Å². The summed E-state index contributed by atoms with van der Waals surface area (Å²) in [6.07, 6.45) is -0.531. The molecule has 1 fully saturated rings. The number of rotatable bonds is 5. The fourth-order valence-corrected chi connectivity index (χ4v) is 4.93. The first kappa shape index (κ1) is 22.5. The molecule has 1 saturated heterocycles. The number of aliphatic hydroxyl groups is 1. The van der Waals surface area contributed by atoms with Gasteiger partial charge < -0.3 is 15.3 Å². The molecule has 2 amide bonds. The maximum absolute atomic E-state index is 13.1. The Morgan fingerprint density at radius 3 is 2.66 bits per heavy atom. The normalized spacial score (nSPS) is 18.1. The summed E-state index contributed by atoms with van der Waals surface area (Å²) in [5.74, 6) is -0.581. The number of carbonyl (C=O) groups is 2. The number of aliphatic hydroxyl groups excluding tert-OH is 1. The Labute approximate surface area is 195 Å². The van der Waals surface area contributed by atoms with Gasteiger partial charge in [0.15, 0.2) is 0 Å². The summed E-state index contributed by atoms with van der Waals surface area (Å²) in [6.45, 7) is 4.21. The Kier molecular flexibility index (Phi) is 6.60. The van der Waals surface area contributed by atoms with E-state index < -0.39 is 12.1 Å². The van der Waals surface area contributed by atoms with Crippen LogP contribution in [0.1, 0.15) is 33.6 Å². The maximum atomic E-state index is 13.1. The Bertz CT molecular complexity index is 1150. The monoisotopic (exact) mass is 469 g/mol. The number of halogens is 1. The number of nitrogens with zero attached hydrogens (tertiary/aromatic N) is 2. The quantitative estimate of drug-likeness (QED) is 0.592. The van der Waals surface area contributed by atoms with Crippen molar-refractivity contribution in [3.8, 4) is 10.4 Å². The lowest BCUT2D eigenvalue weighted by Crippen LogP contribution is -2.45. The largest absolute Gasteiger partial charge is 0.391 e. The van der Waals surface area contributed by atoms with Crippen LogP contribution < -0.4 is 5.32 Å². The van der Waals surface area contributed by atoms with Crippen molar-refractivity contribution < 1.29 is 14.7 Å². The van der Waals surface area contributed by atoms with E-state index in [0.29, 0.717) is 22.7 Å². The number of likely N-dealkylation sites (tertiary alicyclic amines) is 1. The molecule has 1 aliphatic heterocycles. The summed E-state index contributed by atoms with van der Waals surface area (Å²) in [5.41, 5.74) is 5.97. The molecule has 0 spiro atoms. The van der Waals surface area contributed by atoms with Crippen molar-refractivity contribution in [3.63, 3.8) is 0 Å². The van der Waals surface area contributed by atoms with Crippen molar-refractivity contribution in [1.29, 1.82) is 0 Å². The third-order valence-electron chi connectivity index (χ3n) is 5.77. The van der Waals surface area contributed by atoms with Gasteiger partial charge >= 0.3 is 0 Å². The highest BCUT2D eigenvalue weighted by atomic mass is 35.5. The number of carbonyl (C=O) groups excluding carboxylic acids is 2. The van der Waals surface area contributed by atoms with Gasteiger partial charge in [-0.3, -0.25) is 9.59 Å². The van der Waals surface area contributed by atoms with Crippen LogP contribution in [-0.2, 0) is 11.3 Å². The number of hydrogen-bond acceptors (Lipinski definition) is 5. The highest BCUT2D eigenvalue weighted by Crippen LogP contribution is 2.28. The van der Waals surface area contributed by atoms with Crippen molar-refractivity contribution in [2.75, 3.05) is 6.54 Å². The summed E-state index contributed by atoms with van der Waals surface area (Å²) < 4.78 is 0. The molecule has 0 radical (unpaired) electrons. The van der Waals surface area contributed by atoms with Gasteiger partial charge in [-0.05, 0) is 42.7 Å². The van der Waals surface area contributed by atoms with Gasteiger partial charge in [0, 0.05) is 30.1 Å². The van der Waals surface area contributed by atoms with Gasteiger partial charge in [0.25, 0.3) is 5.91 Å². The third kappa shape index (κ3) is 4.55. The molecule has 0 saturated carbocycles. The van der Waals surface area contributed by atoms with E-state index >= 15 is 0 Å². The number of hydrogen-bond donors (Lipinski definition) is 2. The summed E-state index contributed by atoms with van der Waals surface area (Å²) in [6, 6.07) is 12.4. The number of benzene rings is 2. The highest BCUT2D eigenvalue weighted by molar-refractivity contribution is 7.13. The molecule has 3 aromatic rings. The molecule has 2 N–H and O–H groups in total. The Hall–Kier alpha value is -2.74. The van der Waals surface area contributed by atoms with Gasteiger partial charge in [-0.1, -0.05) is 41.9 Å². The minimum atomic E-state index is -0.740. The Balaban J connectivity index is 1.43. The molecule has 0 unspecified atom stereocenters. The summed E-state index contributed by atoms with van der Waals surface area (Å²) in [5, 5.41) is 13.6. The van der Waals surface area contributed by atoms with E-state index in [0.717, 1.165) is 21.7 Å². The smallest absolute Gasteiger partial charge is 0.254 e. The standard InChI is InChI=1S/C24H24ClN3O3S/c1-14-19(4-3-5-20(14)25)24(31)28-12-18(29)10-21(28)23(30)26-11-16-6-8-17(9-7-16)22-15(2)27-13-32-22/h3-9,13,18,21,29H,10-12H2,1-2H3,(H,26,30)/t18-,21+/m1/s1. The number of β-amino-alcohol motifs (C(OH)–C–C–N with tert-alkyl or cyclic N) is 1. The lowest BCUT2D eigenvalue weighted by Gasteiger charge is -2.24. The number of nitrogens with one attached hydrogen (secondary N) is 1. The fourth-order valence-electron chi connectivity index (χ4n) is 3.94. The first-order valence-electron chi connectivity index (χ1n) is 10.4. The van der Waals surface area contributed by atoms with Crippen molar-refractivity contribution in [2.24, 2.45) is 0 Å². The number of aryl methyl sites for hydroxylation is 1. The van der Waals surface area contributed by atoms with Crippen LogP contribution >= 0.6 is 22.9 Å². The van der Waals surface area contributed by atoms with E-state index in [4.69, 9.17) is 11.6 Å². The number of thiazole rings is 1. The lowest BCUT2D eigenvalue weighted by atomic mass is 10.1. The molecule has 2 atom stereocenters. The van der Waals surface area contributed by atoms with Crippen LogP contribution in [0.3, 0.4) is 0 Å². The van der Waals surface area contributed by atoms with Gasteiger partial charge in [-0.25, -0.2) is 4.98 Å². The zero-order valence-corrected chi connectivity index (χ0v) is 19.4. The minimum absolute atomic E-state index is 0.117. The van der Waals surface area contributed by atoms with Crippen LogP contribution in [-0.4, -0.2) is 45.5 Å². The van der Waals surface area contributed by atoms with Gasteiger partial charge in [0.2, 0.25) is 5.91 Å². The van der Waals surface area contributed by atoms with Gasteiger partial charge in [0.1, 0.15) is 6.04 Å². The predicted molar refractivity (Wildman–Crippen MR) is 126 cm³/mol. The predicted octanol–water partition coefficient (Wildman–Crippen LogP) is 3.97. The molecule has 4 rings (SSSR count). The van der Waals surface area contributed by atoms with Crippen molar-refractivity contribution in [1.82, 2.24) is 15.2 Å². The number of amides is 2. The fraction of sp³-hybridized carbons (Fsp3) is 0.292. The average Bonchev–Trinajstić information content (AvgIpc) is 3.39. The highest BCUT2D eigenvalue weighted by Gasteiger charge is 2.39. The van der Waals surface area contributed by atoms with Gasteiger partial charge in [-0.15, -0.1) is 11.3 Å². The zero-order valence-electron chi connectivity index (χ0n) is 17.8. The second-order valence-electron chi connectivity index (χ2n) is 7.96. The van der Waals surface area contributed by atoms with Gasteiger partial charge in [-0.2, -0.15) is 0 Å². The molecular formula is C24H24ClN3O3S. The van der Waals surface area contributed by atoms with E-state index in [1.165, 1.54) is 4.90 Å². The third-order valence-corrected chi connectivity index (χ3v) is 7.16. The molecular weight excluding hydrogens is 446 g/mol. The molecule has 2 heterocycles.